The maximum absolute atomic E-state index is 6.11. The molecule has 0 aliphatic carbocycles. The lowest BCUT2D eigenvalue weighted by atomic mass is 10.2. The normalized spacial score (nSPS) is 10.4. The molecular formula is C15H16Cl2N2O. The van der Waals surface area contributed by atoms with Gasteiger partial charge in [0.2, 0.25) is 5.88 Å². The maximum atomic E-state index is 6.11. The highest BCUT2D eigenvalue weighted by Gasteiger charge is 2.11. The molecule has 3 nitrogen and oxygen atoms in total. The van der Waals surface area contributed by atoms with Gasteiger partial charge in [0.1, 0.15) is 16.6 Å². The number of hydrogen-bond donors (Lipinski definition) is 1. The van der Waals surface area contributed by atoms with Crippen molar-refractivity contribution in [3.63, 3.8) is 0 Å². The summed E-state index contributed by atoms with van der Waals surface area (Å²) in [5, 5.41) is 3.93. The predicted molar refractivity (Wildman–Crippen MR) is 84.3 cm³/mol. The topological polar surface area (TPSA) is 34.2 Å². The number of nitrogens with one attached hydrogen (secondary N) is 1. The van der Waals surface area contributed by atoms with E-state index in [4.69, 9.17) is 27.9 Å². The van der Waals surface area contributed by atoms with E-state index in [2.05, 4.69) is 17.2 Å². The lowest BCUT2D eigenvalue weighted by Gasteiger charge is -2.11. The summed E-state index contributed by atoms with van der Waals surface area (Å²) in [6.07, 6.45) is 0.991. The van der Waals surface area contributed by atoms with Crippen LogP contribution in [0.25, 0.3) is 0 Å². The molecule has 0 radical (unpaired) electrons. The van der Waals surface area contributed by atoms with Crippen LogP contribution in [0.4, 0.5) is 5.82 Å². The third-order valence-electron chi connectivity index (χ3n) is 2.79. The zero-order valence-corrected chi connectivity index (χ0v) is 12.9. The van der Waals surface area contributed by atoms with Gasteiger partial charge in [0.25, 0.3) is 0 Å². The van der Waals surface area contributed by atoms with Crippen LogP contribution in [0.2, 0.25) is 10.0 Å². The van der Waals surface area contributed by atoms with Gasteiger partial charge in [-0.25, -0.2) is 0 Å². The first kappa shape index (κ1) is 14.9. The fourth-order valence-corrected chi connectivity index (χ4v) is 2.18. The van der Waals surface area contributed by atoms with Gasteiger partial charge >= 0.3 is 0 Å². The summed E-state index contributed by atoms with van der Waals surface area (Å²) in [6, 6.07) is 9.47. The number of rotatable bonds is 5. The molecule has 106 valence electrons. The molecule has 2 aromatic rings. The second-order valence-corrected chi connectivity index (χ2v) is 5.05. The highest BCUT2D eigenvalue weighted by atomic mass is 35.5. The van der Waals surface area contributed by atoms with Crippen LogP contribution in [0.15, 0.2) is 30.3 Å². The summed E-state index contributed by atoms with van der Waals surface area (Å²) in [6.45, 7) is 4.80. The van der Waals surface area contributed by atoms with E-state index < -0.39 is 0 Å². The van der Waals surface area contributed by atoms with Gasteiger partial charge in [0.15, 0.2) is 0 Å². The Kier molecular flexibility index (Phi) is 5.10. The van der Waals surface area contributed by atoms with Crippen molar-refractivity contribution in [1.82, 2.24) is 4.98 Å². The van der Waals surface area contributed by atoms with Gasteiger partial charge in [-0.05, 0) is 37.1 Å². The minimum Gasteiger partial charge on any atom is -0.437 e. The lowest BCUT2D eigenvalue weighted by molar-refractivity contribution is 0.464. The second kappa shape index (κ2) is 6.82. The van der Waals surface area contributed by atoms with E-state index >= 15 is 0 Å². The van der Waals surface area contributed by atoms with Crippen LogP contribution in [0, 0.1) is 0 Å². The van der Waals surface area contributed by atoms with Crippen molar-refractivity contribution in [2.45, 2.75) is 20.3 Å². The lowest BCUT2D eigenvalue weighted by Crippen LogP contribution is -2.01. The molecule has 0 aliphatic rings. The molecule has 5 heteroatoms. The molecule has 1 heterocycles. The van der Waals surface area contributed by atoms with E-state index in [1.807, 2.05) is 31.2 Å². The van der Waals surface area contributed by atoms with E-state index in [1.165, 1.54) is 5.56 Å². The molecule has 0 saturated heterocycles. The van der Waals surface area contributed by atoms with Crippen molar-refractivity contribution < 1.29 is 4.74 Å². The largest absolute Gasteiger partial charge is 0.437 e. The fourth-order valence-electron chi connectivity index (χ4n) is 1.72. The molecule has 1 aromatic carbocycles. The maximum Gasteiger partial charge on any atom is 0.240 e. The van der Waals surface area contributed by atoms with Crippen LogP contribution >= 0.6 is 23.2 Å². The first-order valence-corrected chi connectivity index (χ1v) is 7.26. The van der Waals surface area contributed by atoms with Crippen molar-refractivity contribution in [2.75, 3.05) is 11.9 Å². The fraction of sp³-hybridized carbons (Fsp3) is 0.267. The number of nitrogens with zero attached hydrogens (tertiary/aromatic N) is 1. The van der Waals surface area contributed by atoms with Crippen LogP contribution in [-0.4, -0.2) is 11.5 Å². The quantitative estimate of drug-likeness (QED) is 0.826. The Morgan fingerprint density at radius 1 is 1.10 bits per heavy atom. The Bertz CT molecular complexity index is 585. The molecule has 0 spiro atoms. The van der Waals surface area contributed by atoms with Gasteiger partial charge in [-0.1, -0.05) is 42.3 Å². The standard InChI is InChI=1S/C15H16Cl2N2O/c1-3-10-5-7-11(8-6-10)20-15-13(17)9-12(16)14(19-15)18-4-2/h5-9H,3-4H2,1-2H3,(H,18,19). The van der Waals surface area contributed by atoms with Gasteiger partial charge in [0.05, 0.1) is 5.02 Å². The van der Waals surface area contributed by atoms with Gasteiger partial charge in [-0.15, -0.1) is 0 Å². The monoisotopic (exact) mass is 310 g/mol. The number of hydrogen-bond acceptors (Lipinski definition) is 3. The molecule has 0 bridgehead atoms. The number of aromatic nitrogens is 1. The molecule has 0 fully saturated rings. The number of pyridine rings is 1. The average molecular weight is 311 g/mol. The summed E-state index contributed by atoms with van der Waals surface area (Å²) in [5.41, 5.74) is 1.25. The van der Waals surface area contributed by atoms with Gasteiger partial charge in [0, 0.05) is 6.54 Å². The summed E-state index contributed by atoms with van der Waals surface area (Å²) in [7, 11) is 0. The summed E-state index contributed by atoms with van der Waals surface area (Å²) < 4.78 is 5.71. The van der Waals surface area contributed by atoms with Crippen LogP contribution in [-0.2, 0) is 6.42 Å². The van der Waals surface area contributed by atoms with Gasteiger partial charge in [-0.2, -0.15) is 4.98 Å². The molecule has 0 saturated carbocycles. The number of halogens is 2. The molecule has 20 heavy (non-hydrogen) atoms. The molecule has 1 aromatic heterocycles. The van der Waals surface area contributed by atoms with Crippen molar-refractivity contribution in [3.8, 4) is 11.6 Å². The molecular weight excluding hydrogens is 295 g/mol. The molecule has 1 N–H and O–H groups in total. The van der Waals surface area contributed by atoms with Crippen LogP contribution in [0.3, 0.4) is 0 Å². The third kappa shape index (κ3) is 3.56. The number of aryl methyl sites for hydroxylation is 1. The highest BCUT2D eigenvalue weighted by molar-refractivity contribution is 6.36. The Labute approximate surface area is 128 Å². The van der Waals surface area contributed by atoms with Gasteiger partial charge < -0.3 is 10.1 Å². The van der Waals surface area contributed by atoms with E-state index in [-0.39, 0.29) is 0 Å². The van der Waals surface area contributed by atoms with Gasteiger partial charge in [-0.3, -0.25) is 0 Å². The SMILES string of the molecule is CCNc1nc(Oc2ccc(CC)cc2)c(Cl)cc1Cl. The molecule has 2 rings (SSSR count). The summed E-state index contributed by atoms with van der Waals surface area (Å²) in [4.78, 5) is 4.30. The predicted octanol–water partition coefficient (Wildman–Crippen LogP) is 5.17. The van der Waals surface area contributed by atoms with E-state index in [9.17, 15) is 0 Å². The number of ether oxygens (including phenoxy) is 1. The molecule has 0 atom stereocenters. The van der Waals surface area contributed by atoms with Crippen molar-refractivity contribution in [3.05, 3.63) is 45.9 Å². The Morgan fingerprint density at radius 2 is 1.80 bits per heavy atom. The number of anilines is 1. The molecule has 0 amide bonds. The Balaban J connectivity index is 2.25. The first-order chi connectivity index (χ1) is 9.63. The average Bonchev–Trinajstić information content (AvgIpc) is 2.45. The van der Waals surface area contributed by atoms with Crippen LogP contribution < -0.4 is 10.1 Å². The number of benzene rings is 1. The molecule has 0 aliphatic heterocycles. The van der Waals surface area contributed by atoms with E-state index in [0.717, 1.165) is 13.0 Å². The van der Waals surface area contributed by atoms with Crippen molar-refractivity contribution in [2.24, 2.45) is 0 Å². The minimum atomic E-state index is 0.344. The van der Waals surface area contributed by atoms with E-state index in [0.29, 0.717) is 27.5 Å². The second-order valence-electron chi connectivity index (χ2n) is 4.24. The summed E-state index contributed by atoms with van der Waals surface area (Å²) >= 11 is 12.2. The molecule has 0 unspecified atom stereocenters. The zero-order valence-electron chi connectivity index (χ0n) is 11.4. The first-order valence-electron chi connectivity index (χ1n) is 6.50. The smallest absolute Gasteiger partial charge is 0.240 e. The van der Waals surface area contributed by atoms with E-state index in [1.54, 1.807) is 6.07 Å². The zero-order chi connectivity index (χ0) is 14.5. The van der Waals surface area contributed by atoms with Crippen molar-refractivity contribution in [1.29, 1.82) is 0 Å². The van der Waals surface area contributed by atoms with Crippen molar-refractivity contribution >= 4 is 29.0 Å². The van der Waals surface area contributed by atoms with Crippen LogP contribution in [0.5, 0.6) is 11.6 Å². The Hall–Kier alpha value is -1.45. The highest BCUT2D eigenvalue weighted by Crippen LogP contribution is 2.33. The summed E-state index contributed by atoms with van der Waals surface area (Å²) in [5.74, 6) is 1.61. The third-order valence-corrected chi connectivity index (χ3v) is 3.35. The Morgan fingerprint density at radius 3 is 2.40 bits per heavy atom. The van der Waals surface area contributed by atoms with Crippen LogP contribution in [0.1, 0.15) is 19.4 Å². The minimum absolute atomic E-state index is 0.344.